The normalized spacial score (nSPS) is 13.5. The average Bonchev–Trinajstić information content (AvgIpc) is 3.50. The van der Waals surface area contributed by atoms with Crippen LogP contribution >= 0.6 is 11.5 Å². The Kier molecular flexibility index (Phi) is 5.07. The predicted molar refractivity (Wildman–Crippen MR) is 121 cm³/mol. The van der Waals surface area contributed by atoms with Crippen LogP contribution in [0.15, 0.2) is 48.0 Å². The fraction of sp³-hybridized carbons (Fsp3) is 0.261. The van der Waals surface area contributed by atoms with Crippen LogP contribution in [0.5, 0.6) is 0 Å². The molecule has 1 aliphatic carbocycles. The Morgan fingerprint density at radius 3 is 2.71 bits per heavy atom. The maximum absolute atomic E-state index is 13.5. The first-order valence-electron chi connectivity index (χ1n) is 10.2. The van der Waals surface area contributed by atoms with Crippen LogP contribution in [0.1, 0.15) is 51.6 Å². The van der Waals surface area contributed by atoms with E-state index in [1.165, 1.54) is 29.9 Å². The number of anilines is 1. The van der Waals surface area contributed by atoms with Gasteiger partial charge in [-0.2, -0.15) is 0 Å². The highest BCUT2D eigenvalue weighted by molar-refractivity contribution is 7.03. The summed E-state index contributed by atoms with van der Waals surface area (Å²) in [6, 6.07) is 11.6. The Labute approximate surface area is 184 Å². The van der Waals surface area contributed by atoms with Crippen molar-refractivity contribution in [1.29, 1.82) is 0 Å². The summed E-state index contributed by atoms with van der Waals surface area (Å²) in [7, 11) is 0. The van der Waals surface area contributed by atoms with E-state index in [0.29, 0.717) is 30.4 Å². The molecular formula is C23H22N6OS. The molecule has 3 heterocycles. The van der Waals surface area contributed by atoms with E-state index in [1.807, 2.05) is 42.8 Å². The predicted octanol–water partition coefficient (Wildman–Crippen LogP) is 4.09. The third kappa shape index (κ3) is 4.25. The van der Waals surface area contributed by atoms with Gasteiger partial charge in [0.25, 0.3) is 5.91 Å². The molecule has 4 aromatic rings. The van der Waals surface area contributed by atoms with Crippen molar-refractivity contribution in [1.82, 2.24) is 24.5 Å². The molecular weight excluding hydrogens is 408 g/mol. The van der Waals surface area contributed by atoms with Crippen molar-refractivity contribution in [3.63, 3.8) is 0 Å². The first-order chi connectivity index (χ1) is 15.1. The van der Waals surface area contributed by atoms with Crippen LogP contribution in [0.4, 0.5) is 5.82 Å². The zero-order valence-corrected chi connectivity index (χ0v) is 18.0. The maximum Gasteiger partial charge on any atom is 0.254 e. The average molecular weight is 431 g/mol. The molecule has 1 fully saturated rings. The number of carbonyl (C=O) groups excluding carboxylic acids is 1. The second kappa shape index (κ2) is 8.03. The molecule has 1 aliphatic rings. The quantitative estimate of drug-likeness (QED) is 0.495. The standard InChI is InChI=1S/C23H22N6OS/c1-14-8-18-9-16(5-7-21(18)26-22(14)24)23(30)29(12-20-13-31-28-27-20)11-19-6-4-17(10-25-19)15-2-3-15/h4-10,13,15H,2-3,11-12H2,1H3,(H2,24,26). The molecule has 8 heteroatoms. The second-order valence-electron chi connectivity index (χ2n) is 8.01. The molecule has 3 aromatic heterocycles. The van der Waals surface area contributed by atoms with Gasteiger partial charge in [-0.15, -0.1) is 5.10 Å². The number of nitrogen functional groups attached to an aromatic ring is 1. The number of hydrogen-bond acceptors (Lipinski definition) is 7. The molecule has 0 spiro atoms. The molecule has 0 saturated heterocycles. The lowest BCUT2D eigenvalue weighted by molar-refractivity contribution is 0.0726. The summed E-state index contributed by atoms with van der Waals surface area (Å²) in [5, 5.41) is 6.87. The van der Waals surface area contributed by atoms with Gasteiger partial charge in [0, 0.05) is 22.5 Å². The number of rotatable bonds is 6. The zero-order valence-electron chi connectivity index (χ0n) is 17.2. The van der Waals surface area contributed by atoms with Crippen LogP contribution in [0, 0.1) is 6.92 Å². The minimum Gasteiger partial charge on any atom is -0.383 e. The third-order valence-corrected chi connectivity index (χ3v) is 6.14. The van der Waals surface area contributed by atoms with Crippen molar-refractivity contribution >= 4 is 34.2 Å². The Hall–Kier alpha value is -3.39. The number of hydrogen-bond donors (Lipinski definition) is 1. The Morgan fingerprint density at radius 1 is 1.16 bits per heavy atom. The van der Waals surface area contributed by atoms with Crippen molar-refractivity contribution in [3.8, 4) is 0 Å². The Balaban J connectivity index is 1.44. The van der Waals surface area contributed by atoms with E-state index in [4.69, 9.17) is 5.73 Å². The number of pyridine rings is 2. The molecule has 0 aliphatic heterocycles. The number of carbonyl (C=O) groups is 1. The maximum atomic E-state index is 13.5. The molecule has 156 valence electrons. The van der Waals surface area contributed by atoms with Crippen LogP contribution in [0.2, 0.25) is 0 Å². The van der Waals surface area contributed by atoms with E-state index >= 15 is 0 Å². The van der Waals surface area contributed by atoms with E-state index in [2.05, 4.69) is 25.6 Å². The van der Waals surface area contributed by atoms with Crippen molar-refractivity contribution in [2.45, 2.75) is 38.8 Å². The number of benzene rings is 1. The molecule has 31 heavy (non-hydrogen) atoms. The van der Waals surface area contributed by atoms with E-state index < -0.39 is 0 Å². The van der Waals surface area contributed by atoms with Gasteiger partial charge in [-0.05, 0) is 78.7 Å². The fourth-order valence-corrected chi connectivity index (χ4v) is 4.09. The molecule has 7 nitrogen and oxygen atoms in total. The zero-order chi connectivity index (χ0) is 21.4. The number of amides is 1. The molecule has 5 rings (SSSR count). The fourth-order valence-electron chi connectivity index (χ4n) is 3.64. The number of fused-ring (bicyclic) bond motifs is 1. The van der Waals surface area contributed by atoms with Gasteiger partial charge < -0.3 is 10.6 Å². The van der Waals surface area contributed by atoms with Crippen molar-refractivity contribution in [2.24, 2.45) is 0 Å². The van der Waals surface area contributed by atoms with Crippen LogP contribution in [0.3, 0.4) is 0 Å². The van der Waals surface area contributed by atoms with E-state index in [-0.39, 0.29) is 5.91 Å². The molecule has 2 N–H and O–H groups in total. The molecule has 0 radical (unpaired) electrons. The monoisotopic (exact) mass is 430 g/mol. The third-order valence-electron chi connectivity index (χ3n) is 5.59. The lowest BCUT2D eigenvalue weighted by Crippen LogP contribution is -2.30. The Morgan fingerprint density at radius 2 is 2.00 bits per heavy atom. The minimum absolute atomic E-state index is 0.0857. The molecule has 0 atom stereocenters. The summed E-state index contributed by atoms with van der Waals surface area (Å²) in [6.45, 7) is 2.69. The Bertz CT molecular complexity index is 1240. The minimum atomic E-state index is -0.0857. The van der Waals surface area contributed by atoms with Crippen molar-refractivity contribution in [3.05, 3.63) is 76.1 Å². The number of aryl methyl sites for hydroxylation is 1. The SMILES string of the molecule is Cc1cc2cc(C(=O)N(Cc3ccc(C4CC4)cn3)Cc3csnn3)ccc2nc1N. The van der Waals surface area contributed by atoms with Gasteiger partial charge in [-0.3, -0.25) is 9.78 Å². The smallest absolute Gasteiger partial charge is 0.254 e. The van der Waals surface area contributed by atoms with Crippen LogP contribution in [0.25, 0.3) is 10.9 Å². The largest absolute Gasteiger partial charge is 0.383 e. The molecule has 1 amide bonds. The van der Waals surface area contributed by atoms with Gasteiger partial charge in [-0.1, -0.05) is 10.6 Å². The van der Waals surface area contributed by atoms with E-state index in [9.17, 15) is 4.79 Å². The molecule has 1 saturated carbocycles. The van der Waals surface area contributed by atoms with Gasteiger partial charge in [0.05, 0.1) is 30.0 Å². The summed E-state index contributed by atoms with van der Waals surface area (Å²) >= 11 is 1.28. The number of nitrogens with zero attached hydrogens (tertiary/aromatic N) is 5. The second-order valence-corrected chi connectivity index (χ2v) is 8.62. The lowest BCUT2D eigenvalue weighted by atomic mass is 10.1. The van der Waals surface area contributed by atoms with E-state index in [1.54, 1.807) is 11.0 Å². The van der Waals surface area contributed by atoms with Gasteiger partial charge in [0.15, 0.2) is 0 Å². The summed E-state index contributed by atoms with van der Waals surface area (Å²) < 4.78 is 3.93. The van der Waals surface area contributed by atoms with Gasteiger partial charge in [0.2, 0.25) is 0 Å². The number of nitrogens with two attached hydrogens (primary N) is 1. The number of aromatic nitrogens is 4. The summed E-state index contributed by atoms with van der Waals surface area (Å²) in [5.41, 5.74) is 11.1. The highest BCUT2D eigenvalue weighted by atomic mass is 32.1. The first-order valence-corrected chi connectivity index (χ1v) is 11.1. The first kappa shape index (κ1) is 19.6. The lowest BCUT2D eigenvalue weighted by Gasteiger charge is -2.22. The molecule has 0 unspecified atom stereocenters. The topological polar surface area (TPSA) is 97.9 Å². The van der Waals surface area contributed by atoms with Crippen LogP contribution < -0.4 is 5.73 Å². The van der Waals surface area contributed by atoms with Crippen molar-refractivity contribution < 1.29 is 4.79 Å². The van der Waals surface area contributed by atoms with Crippen molar-refractivity contribution in [2.75, 3.05) is 5.73 Å². The van der Waals surface area contributed by atoms with E-state index in [0.717, 1.165) is 27.9 Å². The highest BCUT2D eigenvalue weighted by Crippen LogP contribution is 2.39. The summed E-state index contributed by atoms with van der Waals surface area (Å²) in [5.74, 6) is 1.08. The van der Waals surface area contributed by atoms with Gasteiger partial charge in [-0.25, -0.2) is 4.98 Å². The summed E-state index contributed by atoms with van der Waals surface area (Å²) in [4.78, 5) is 24.2. The molecule has 1 aromatic carbocycles. The van der Waals surface area contributed by atoms with Gasteiger partial charge >= 0.3 is 0 Å². The van der Waals surface area contributed by atoms with Crippen LogP contribution in [-0.4, -0.2) is 30.4 Å². The highest BCUT2D eigenvalue weighted by Gasteiger charge is 2.24. The van der Waals surface area contributed by atoms with Crippen LogP contribution in [-0.2, 0) is 13.1 Å². The van der Waals surface area contributed by atoms with Gasteiger partial charge in [0.1, 0.15) is 5.82 Å². The summed E-state index contributed by atoms with van der Waals surface area (Å²) in [6.07, 6.45) is 4.42. The molecule has 0 bridgehead atoms.